The summed E-state index contributed by atoms with van der Waals surface area (Å²) in [5, 5.41) is 0. The van der Waals surface area contributed by atoms with Crippen molar-refractivity contribution in [2.24, 2.45) is 39.6 Å². The number of nitrogens with two attached hydrogens (primary N) is 3. The minimum Gasteiger partial charge on any atom is -0.483 e. The molecule has 6 N–H and O–H groups in total. The van der Waals surface area contributed by atoms with Crippen LogP contribution in [0, 0.1) is 30.1 Å². The predicted molar refractivity (Wildman–Crippen MR) is 144 cm³/mol. The highest BCUT2D eigenvalue weighted by Gasteiger charge is 2.50. The molecule has 2 aromatic rings. The summed E-state index contributed by atoms with van der Waals surface area (Å²) in [6.45, 7) is 2.89. The molecule has 184 valence electrons. The zero-order chi connectivity index (χ0) is 24.6. The average Bonchev–Trinajstić information content (AvgIpc) is 2.82. The first-order valence-corrected chi connectivity index (χ1v) is 12.7. The predicted octanol–water partition coefficient (Wildman–Crippen LogP) is 5.13. The number of ether oxygens (including phenoxy) is 1. The standard InChI is InChI=1S/C29H37N5O/c1-18-3-6-25(28(34-18)23-5-4-22(26(31)10-23)11-27(32)35-2)24(15-30)16-33-17-29-12-19-7-20(13-29)9-21(8-19)14-29/h3-6,10-11,15-16,19-21H,7-9,12-14,17,30-32H2,1-2H3/b24-15+,27-11+,33-16?. The number of benzene rings is 1. The first-order valence-electron chi connectivity index (χ1n) is 12.7. The van der Waals surface area contributed by atoms with E-state index in [1.807, 2.05) is 37.4 Å². The molecule has 35 heavy (non-hydrogen) atoms. The van der Waals surface area contributed by atoms with Crippen molar-refractivity contribution in [3.05, 3.63) is 59.2 Å². The van der Waals surface area contributed by atoms with Crippen LogP contribution in [0.1, 0.15) is 55.3 Å². The Hall–Kier alpha value is -3.28. The van der Waals surface area contributed by atoms with Gasteiger partial charge in [0.1, 0.15) is 0 Å². The van der Waals surface area contributed by atoms with Gasteiger partial charge in [0.25, 0.3) is 0 Å². The van der Waals surface area contributed by atoms with Crippen LogP contribution in [-0.2, 0) is 4.74 Å². The SMILES string of the molecule is CO/C(N)=C/c1ccc(-c2nc(C)ccc2/C(C=NCC23CC4CC(CC(C4)C2)C3)=C/N)cc1N. The molecule has 0 saturated heterocycles. The molecule has 1 heterocycles. The normalized spacial score (nSPS) is 28.1. The second kappa shape index (κ2) is 9.40. The number of aromatic nitrogens is 1. The third-order valence-electron chi connectivity index (χ3n) is 8.24. The van der Waals surface area contributed by atoms with Crippen molar-refractivity contribution >= 4 is 23.6 Å². The number of aryl methyl sites for hydroxylation is 1. The number of pyridine rings is 1. The fraction of sp³-hybridized carbons (Fsp3) is 0.448. The Morgan fingerprint density at radius 2 is 1.80 bits per heavy atom. The van der Waals surface area contributed by atoms with E-state index >= 15 is 0 Å². The van der Waals surface area contributed by atoms with Gasteiger partial charge in [0.2, 0.25) is 0 Å². The molecule has 4 saturated carbocycles. The molecule has 1 aromatic carbocycles. The van der Waals surface area contributed by atoms with Gasteiger partial charge in [0.15, 0.2) is 5.88 Å². The maximum absolute atomic E-state index is 6.33. The second-order valence-electron chi connectivity index (χ2n) is 11.0. The lowest BCUT2D eigenvalue weighted by atomic mass is 9.49. The first kappa shape index (κ1) is 23.5. The van der Waals surface area contributed by atoms with Crippen LogP contribution < -0.4 is 17.2 Å². The van der Waals surface area contributed by atoms with Crippen LogP contribution in [0.4, 0.5) is 5.69 Å². The number of hydrogen-bond acceptors (Lipinski definition) is 6. The molecule has 4 aliphatic rings. The highest BCUT2D eigenvalue weighted by atomic mass is 16.5. The Bertz CT molecular complexity index is 1160. The van der Waals surface area contributed by atoms with Crippen molar-refractivity contribution in [1.29, 1.82) is 0 Å². The lowest BCUT2D eigenvalue weighted by Gasteiger charge is -2.56. The third-order valence-corrected chi connectivity index (χ3v) is 8.24. The van der Waals surface area contributed by atoms with Crippen LogP contribution in [0.3, 0.4) is 0 Å². The van der Waals surface area contributed by atoms with Crippen LogP contribution in [0.5, 0.6) is 0 Å². The second-order valence-corrected chi connectivity index (χ2v) is 11.0. The van der Waals surface area contributed by atoms with Gasteiger partial charge in [0, 0.05) is 58.7 Å². The number of nitrogen functional groups attached to an aromatic ring is 1. The molecule has 6 heteroatoms. The van der Waals surface area contributed by atoms with Crippen molar-refractivity contribution in [3.63, 3.8) is 0 Å². The molecule has 6 rings (SSSR count). The van der Waals surface area contributed by atoms with E-state index in [0.29, 0.717) is 17.0 Å². The Morgan fingerprint density at radius 3 is 2.40 bits per heavy atom. The van der Waals surface area contributed by atoms with Crippen molar-refractivity contribution in [2.75, 3.05) is 19.4 Å². The van der Waals surface area contributed by atoms with Crippen LogP contribution in [0.15, 0.2) is 47.4 Å². The molecule has 4 bridgehead atoms. The maximum Gasteiger partial charge on any atom is 0.184 e. The summed E-state index contributed by atoms with van der Waals surface area (Å²) in [5.74, 6) is 3.09. The number of anilines is 1. The van der Waals surface area contributed by atoms with E-state index in [-0.39, 0.29) is 0 Å². The summed E-state index contributed by atoms with van der Waals surface area (Å²) in [5.41, 5.74) is 24.6. The minimum atomic E-state index is 0.308. The molecule has 0 amide bonds. The molecule has 4 fully saturated rings. The zero-order valence-corrected chi connectivity index (χ0v) is 20.8. The summed E-state index contributed by atoms with van der Waals surface area (Å²) in [4.78, 5) is 9.82. The van der Waals surface area contributed by atoms with Crippen molar-refractivity contribution in [1.82, 2.24) is 4.98 Å². The number of methoxy groups -OCH3 is 1. The monoisotopic (exact) mass is 471 g/mol. The Morgan fingerprint density at radius 1 is 1.11 bits per heavy atom. The molecular formula is C29H37N5O. The average molecular weight is 472 g/mol. The van der Waals surface area contributed by atoms with Gasteiger partial charge in [-0.05, 0) is 80.8 Å². The third kappa shape index (κ3) is 4.79. The Kier molecular flexibility index (Phi) is 6.30. The van der Waals surface area contributed by atoms with Crippen molar-refractivity contribution < 1.29 is 4.74 Å². The first-order chi connectivity index (χ1) is 16.9. The topological polar surface area (TPSA) is 113 Å². The molecule has 1 aromatic heterocycles. The Balaban J connectivity index is 1.40. The highest BCUT2D eigenvalue weighted by Crippen LogP contribution is 2.60. The van der Waals surface area contributed by atoms with Gasteiger partial charge in [-0.15, -0.1) is 0 Å². The molecule has 0 unspecified atom stereocenters. The van der Waals surface area contributed by atoms with Crippen LogP contribution in [-0.4, -0.2) is 24.9 Å². The van der Waals surface area contributed by atoms with Gasteiger partial charge in [-0.3, -0.25) is 9.98 Å². The summed E-state index contributed by atoms with van der Waals surface area (Å²) < 4.78 is 5.05. The zero-order valence-electron chi connectivity index (χ0n) is 20.8. The summed E-state index contributed by atoms with van der Waals surface area (Å²) in [6, 6.07) is 9.92. The summed E-state index contributed by atoms with van der Waals surface area (Å²) >= 11 is 0. The van der Waals surface area contributed by atoms with E-state index in [4.69, 9.17) is 31.9 Å². The number of hydrogen-bond donors (Lipinski definition) is 3. The maximum atomic E-state index is 6.33. The van der Waals surface area contributed by atoms with Crippen LogP contribution >= 0.6 is 0 Å². The summed E-state index contributed by atoms with van der Waals surface area (Å²) in [6.07, 6.45) is 13.7. The van der Waals surface area contributed by atoms with Gasteiger partial charge in [-0.2, -0.15) is 0 Å². The number of aliphatic imine (C=N–C) groups is 1. The number of rotatable bonds is 7. The van der Waals surface area contributed by atoms with E-state index in [2.05, 4.69) is 6.07 Å². The largest absolute Gasteiger partial charge is 0.483 e. The van der Waals surface area contributed by atoms with Gasteiger partial charge in [0.05, 0.1) is 12.8 Å². The van der Waals surface area contributed by atoms with Crippen molar-refractivity contribution in [3.8, 4) is 11.3 Å². The molecule has 0 radical (unpaired) electrons. The van der Waals surface area contributed by atoms with Crippen molar-refractivity contribution in [2.45, 2.75) is 45.4 Å². The molecule has 0 aliphatic heterocycles. The van der Waals surface area contributed by atoms with Crippen LogP contribution in [0.25, 0.3) is 22.9 Å². The van der Waals surface area contributed by atoms with Crippen LogP contribution in [0.2, 0.25) is 0 Å². The fourth-order valence-electron chi connectivity index (χ4n) is 7.10. The van der Waals surface area contributed by atoms with E-state index in [9.17, 15) is 0 Å². The van der Waals surface area contributed by atoms with Gasteiger partial charge in [-0.1, -0.05) is 18.2 Å². The molecule has 6 nitrogen and oxygen atoms in total. The number of allylic oxidation sites excluding steroid dienone is 1. The lowest BCUT2D eigenvalue weighted by Crippen LogP contribution is -2.47. The van der Waals surface area contributed by atoms with E-state index in [1.165, 1.54) is 45.6 Å². The minimum absolute atomic E-state index is 0.308. The van der Waals surface area contributed by atoms with Gasteiger partial charge >= 0.3 is 0 Å². The summed E-state index contributed by atoms with van der Waals surface area (Å²) in [7, 11) is 1.53. The number of nitrogens with zero attached hydrogens (tertiary/aromatic N) is 2. The molecule has 4 aliphatic carbocycles. The lowest BCUT2D eigenvalue weighted by molar-refractivity contribution is -0.0464. The molecule has 0 spiro atoms. The van der Waals surface area contributed by atoms with Gasteiger partial charge < -0.3 is 21.9 Å². The van der Waals surface area contributed by atoms with Gasteiger partial charge in [-0.25, -0.2) is 0 Å². The highest BCUT2D eigenvalue weighted by molar-refractivity contribution is 6.11. The molecule has 0 atom stereocenters. The quantitative estimate of drug-likeness (QED) is 0.294. The molecular weight excluding hydrogens is 434 g/mol. The smallest absolute Gasteiger partial charge is 0.184 e. The fourth-order valence-corrected chi connectivity index (χ4v) is 7.10. The van der Waals surface area contributed by atoms with E-state index in [1.54, 1.807) is 12.3 Å². The Labute approximate surface area is 208 Å². The van der Waals surface area contributed by atoms with E-state index < -0.39 is 0 Å². The van der Waals surface area contributed by atoms with E-state index in [0.717, 1.165) is 57.9 Å².